The van der Waals surface area contributed by atoms with E-state index in [1.807, 2.05) is 0 Å². The third-order valence-corrected chi connectivity index (χ3v) is 6.13. The highest BCUT2D eigenvalue weighted by Gasteiger charge is 2.45. The van der Waals surface area contributed by atoms with Crippen molar-refractivity contribution in [1.82, 2.24) is 0 Å². The molecule has 0 saturated carbocycles. The molecule has 0 aliphatic carbocycles. The molecule has 1 aliphatic rings. The maximum Gasteiger partial charge on any atom is 0.328 e. The van der Waals surface area contributed by atoms with Crippen LogP contribution in [0.4, 0.5) is 0 Å². The number of esters is 1. The molecule has 0 bridgehead atoms. The van der Waals surface area contributed by atoms with Crippen LogP contribution in [-0.4, -0.2) is 65.2 Å². The quantitative estimate of drug-likeness (QED) is 0.0891. The van der Waals surface area contributed by atoms with Gasteiger partial charge in [0.05, 0.1) is 0 Å². The van der Waals surface area contributed by atoms with Gasteiger partial charge in [-0.1, -0.05) is 18.2 Å². The van der Waals surface area contributed by atoms with Crippen LogP contribution in [0.2, 0.25) is 0 Å². The van der Waals surface area contributed by atoms with Crippen molar-refractivity contribution in [3.8, 4) is 34.5 Å². The molecular formula is C27H24O12. The van der Waals surface area contributed by atoms with Crippen molar-refractivity contribution in [3.63, 3.8) is 0 Å². The monoisotopic (exact) mass is 540 g/mol. The van der Waals surface area contributed by atoms with Gasteiger partial charge in [-0.15, -0.1) is 0 Å². The summed E-state index contributed by atoms with van der Waals surface area (Å²) in [6, 6.07) is 9.93. The molecule has 1 aliphatic heterocycles. The topological polar surface area (TPSA) is 214 Å². The van der Waals surface area contributed by atoms with Gasteiger partial charge < -0.3 is 50.3 Å². The number of carboxylic acid groups (broad SMARTS) is 1. The van der Waals surface area contributed by atoms with Gasteiger partial charge in [-0.3, -0.25) is 4.79 Å². The Labute approximate surface area is 220 Å². The van der Waals surface area contributed by atoms with Crippen molar-refractivity contribution in [1.29, 1.82) is 0 Å². The summed E-state index contributed by atoms with van der Waals surface area (Å²) in [5.74, 6) is -6.12. The maximum absolute atomic E-state index is 13.6. The number of carboxylic acids is 1. The van der Waals surface area contributed by atoms with Gasteiger partial charge in [-0.05, 0) is 53.1 Å². The Morgan fingerprint density at radius 2 is 1.51 bits per heavy atom. The average molecular weight is 540 g/mol. The zero-order valence-corrected chi connectivity index (χ0v) is 20.0. The van der Waals surface area contributed by atoms with Crippen molar-refractivity contribution in [2.45, 2.75) is 30.8 Å². The summed E-state index contributed by atoms with van der Waals surface area (Å²) in [6.45, 7) is 0. The number of aliphatic hydroxyl groups excluding tert-OH is 1. The van der Waals surface area contributed by atoms with Gasteiger partial charge in [0.25, 0.3) is 0 Å². The first-order valence-corrected chi connectivity index (χ1v) is 11.5. The average Bonchev–Trinajstić information content (AvgIpc) is 3.29. The van der Waals surface area contributed by atoms with Crippen LogP contribution < -0.4 is 4.74 Å². The minimum absolute atomic E-state index is 0.0449. The lowest BCUT2D eigenvalue weighted by atomic mass is 9.87. The van der Waals surface area contributed by atoms with Crippen LogP contribution in [0.15, 0.2) is 54.6 Å². The molecule has 3 aromatic rings. The van der Waals surface area contributed by atoms with Crippen molar-refractivity contribution in [2.75, 3.05) is 0 Å². The van der Waals surface area contributed by atoms with Crippen molar-refractivity contribution < 1.29 is 59.9 Å². The van der Waals surface area contributed by atoms with Gasteiger partial charge in [0.2, 0.25) is 0 Å². The van der Waals surface area contributed by atoms with Crippen molar-refractivity contribution in [2.24, 2.45) is 0 Å². The fourth-order valence-electron chi connectivity index (χ4n) is 4.28. The standard InChI is InChI=1S/C27H24O12/c28-15-5-1-12(9-18(15)31)10-20(26(35)36)38-27(37)23-22-13(4-8-21(33)34)2-7-17(30)25(22)39-24(23)14-3-6-16(29)19(32)11-14/h1-9,11,20,23-24,26,28-32,35-36H,10H2,(H,33,34)/b8-4+. The number of benzene rings is 3. The zero-order chi connectivity index (χ0) is 28.4. The molecule has 3 atom stereocenters. The van der Waals surface area contributed by atoms with Crippen LogP contribution in [0.5, 0.6) is 34.5 Å². The van der Waals surface area contributed by atoms with E-state index >= 15 is 0 Å². The van der Waals surface area contributed by atoms with E-state index in [1.54, 1.807) is 0 Å². The Morgan fingerprint density at radius 1 is 0.872 bits per heavy atom. The number of carbonyl (C=O) groups is 2. The number of fused-ring (bicyclic) bond motifs is 1. The molecule has 0 saturated heterocycles. The zero-order valence-electron chi connectivity index (χ0n) is 20.0. The first-order valence-electron chi connectivity index (χ1n) is 11.5. The van der Waals surface area contributed by atoms with Gasteiger partial charge in [0.15, 0.2) is 46.9 Å². The Bertz CT molecular complexity index is 1440. The lowest BCUT2D eigenvalue weighted by molar-refractivity contribution is -0.178. The normalized spacial score (nSPS) is 17.1. The molecule has 0 radical (unpaired) electrons. The summed E-state index contributed by atoms with van der Waals surface area (Å²) in [6.07, 6.45) is -3.27. The second-order valence-corrected chi connectivity index (χ2v) is 8.77. The first kappa shape index (κ1) is 27.1. The fourth-order valence-corrected chi connectivity index (χ4v) is 4.28. The number of phenols is 5. The van der Waals surface area contributed by atoms with Gasteiger partial charge in [0, 0.05) is 18.1 Å². The molecule has 3 aromatic carbocycles. The summed E-state index contributed by atoms with van der Waals surface area (Å²) in [5, 5.41) is 78.5. The second kappa shape index (κ2) is 10.8. The van der Waals surface area contributed by atoms with Crippen LogP contribution in [0, 0.1) is 0 Å². The van der Waals surface area contributed by atoms with E-state index in [0.29, 0.717) is 5.56 Å². The second-order valence-electron chi connectivity index (χ2n) is 8.77. The Kier molecular flexibility index (Phi) is 7.51. The lowest BCUT2D eigenvalue weighted by Gasteiger charge is -2.24. The molecule has 3 unspecified atom stereocenters. The van der Waals surface area contributed by atoms with Gasteiger partial charge >= 0.3 is 11.9 Å². The number of aliphatic carboxylic acids is 1. The third-order valence-electron chi connectivity index (χ3n) is 6.13. The summed E-state index contributed by atoms with van der Waals surface area (Å²) in [4.78, 5) is 24.8. The number of carbonyl (C=O) groups excluding carboxylic acids is 1. The van der Waals surface area contributed by atoms with Gasteiger partial charge in [-0.25, -0.2) is 4.79 Å². The van der Waals surface area contributed by atoms with E-state index in [1.165, 1.54) is 36.4 Å². The predicted molar refractivity (Wildman–Crippen MR) is 132 cm³/mol. The molecule has 8 N–H and O–H groups in total. The molecule has 0 amide bonds. The SMILES string of the molecule is O=C(O)/C=C/c1ccc(O)c2c1C(C(=O)OC(Cc1ccc(O)c(O)c1)C(O)O)C(c1ccc(O)c(O)c1)O2. The minimum Gasteiger partial charge on any atom is -0.504 e. The number of aromatic hydroxyl groups is 5. The van der Waals surface area contributed by atoms with Gasteiger partial charge in [-0.2, -0.15) is 0 Å². The van der Waals surface area contributed by atoms with Crippen LogP contribution >= 0.6 is 0 Å². The molecule has 204 valence electrons. The highest BCUT2D eigenvalue weighted by Crippen LogP contribution is 2.53. The molecule has 0 spiro atoms. The third kappa shape index (κ3) is 5.66. The maximum atomic E-state index is 13.6. The number of rotatable bonds is 8. The van der Waals surface area contributed by atoms with E-state index in [9.17, 15) is 45.3 Å². The number of hydrogen-bond acceptors (Lipinski definition) is 11. The lowest BCUT2D eigenvalue weighted by Crippen LogP contribution is -2.35. The molecule has 39 heavy (non-hydrogen) atoms. The number of ether oxygens (including phenoxy) is 2. The Morgan fingerprint density at radius 3 is 2.13 bits per heavy atom. The molecular weight excluding hydrogens is 516 g/mol. The molecule has 4 rings (SSSR count). The Balaban J connectivity index is 1.76. The van der Waals surface area contributed by atoms with Gasteiger partial charge in [0.1, 0.15) is 12.0 Å². The predicted octanol–water partition coefficient (Wildman–Crippen LogP) is 1.99. The van der Waals surface area contributed by atoms with Crippen LogP contribution in [-0.2, 0) is 20.7 Å². The molecule has 12 nitrogen and oxygen atoms in total. The summed E-state index contributed by atoms with van der Waals surface area (Å²) >= 11 is 0. The summed E-state index contributed by atoms with van der Waals surface area (Å²) in [7, 11) is 0. The molecule has 12 heteroatoms. The first-order chi connectivity index (χ1) is 18.5. The van der Waals surface area contributed by atoms with E-state index in [2.05, 4.69) is 0 Å². The van der Waals surface area contributed by atoms with Crippen LogP contribution in [0.3, 0.4) is 0 Å². The highest BCUT2D eigenvalue weighted by atomic mass is 16.6. The number of aliphatic hydroxyl groups is 2. The fraction of sp³-hybridized carbons (Fsp3) is 0.185. The Hall–Kier alpha value is -4.94. The van der Waals surface area contributed by atoms with E-state index in [4.69, 9.17) is 14.6 Å². The largest absolute Gasteiger partial charge is 0.504 e. The van der Waals surface area contributed by atoms with Crippen LogP contribution in [0.25, 0.3) is 6.08 Å². The molecule has 0 aromatic heterocycles. The van der Waals surface area contributed by atoms with Crippen molar-refractivity contribution >= 4 is 18.0 Å². The van der Waals surface area contributed by atoms with Crippen molar-refractivity contribution in [3.05, 3.63) is 76.9 Å². The highest BCUT2D eigenvalue weighted by molar-refractivity contribution is 5.89. The van der Waals surface area contributed by atoms with Crippen LogP contribution in [0.1, 0.15) is 34.3 Å². The smallest absolute Gasteiger partial charge is 0.328 e. The number of hydrogen-bond donors (Lipinski definition) is 8. The van der Waals surface area contributed by atoms with E-state index in [-0.39, 0.29) is 34.6 Å². The minimum atomic E-state index is -2.17. The molecule has 1 heterocycles. The summed E-state index contributed by atoms with van der Waals surface area (Å²) < 4.78 is 11.3. The van der Waals surface area contributed by atoms with E-state index in [0.717, 1.165) is 24.3 Å². The number of phenolic OH excluding ortho intramolecular Hbond substituents is 5. The molecule has 0 fully saturated rings. The van der Waals surface area contributed by atoms with E-state index < -0.39 is 59.4 Å². The summed E-state index contributed by atoms with van der Waals surface area (Å²) in [5.41, 5.74) is 0.702.